The van der Waals surface area contributed by atoms with Crippen LogP contribution in [0.3, 0.4) is 0 Å². The highest BCUT2D eigenvalue weighted by atomic mass is 16.5. The summed E-state index contributed by atoms with van der Waals surface area (Å²) in [5.74, 6) is 6.23. The molecule has 14 heavy (non-hydrogen) atoms. The predicted octanol–water partition coefficient (Wildman–Crippen LogP) is 0.479. The molecule has 0 aliphatic carbocycles. The second kappa shape index (κ2) is 3.86. The van der Waals surface area contributed by atoms with Gasteiger partial charge in [-0.2, -0.15) is 0 Å². The summed E-state index contributed by atoms with van der Waals surface area (Å²) in [4.78, 5) is 2.19. The summed E-state index contributed by atoms with van der Waals surface area (Å²) in [5, 5.41) is 0. The number of hydrazine groups is 1. The van der Waals surface area contributed by atoms with E-state index in [1.807, 2.05) is 12.1 Å². The normalized spacial score (nSPS) is 14.9. The van der Waals surface area contributed by atoms with Crippen molar-refractivity contribution in [1.82, 2.24) is 5.43 Å². The highest BCUT2D eigenvalue weighted by molar-refractivity contribution is 5.60. The Morgan fingerprint density at radius 2 is 2.43 bits per heavy atom. The van der Waals surface area contributed by atoms with Gasteiger partial charge in [-0.15, -0.1) is 0 Å². The van der Waals surface area contributed by atoms with Crippen molar-refractivity contribution in [1.29, 1.82) is 0 Å². The summed E-state index contributed by atoms with van der Waals surface area (Å²) < 4.78 is 5.53. The average Bonchev–Trinajstić information content (AvgIpc) is 2.20. The van der Waals surface area contributed by atoms with Crippen molar-refractivity contribution >= 4 is 5.69 Å². The Labute approximate surface area is 83.6 Å². The molecule has 1 aromatic rings. The maximum atomic E-state index is 5.53. The summed E-state index contributed by atoms with van der Waals surface area (Å²) in [5.41, 5.74) is 4.96. The highest BCUT2D eigenvalue weighted by Crippen LogP contribution is 2.31. The van der Waals surface area contributed by atoms with Gasteiger partial charge in [-0.25, -0.2) is 0 Å². The molecule has 4 nitrogen and oxygen atoms in total. The van der Waals surface area contributed by atoms with Gasteiger partial charge in [-0.3, -0.25) is 11.3 Å². The van der Waals surface area contributed by atoms with E-state index >= 15 is 0 Å². The quantitative estimate of drug-likeness (QED) is 0.530. The zero-order valence-electron chi connectivity index (χ0n) is 8.29. The fraction of sp³-hybridized carbons (Fsp3) is 0.400. The molecule has 1 heterocycles. The first kappa shape index (κ1) is 9.30. The molecule has 0 bridgehead atoms. The number of hydrogen-bond donors (Lipinski definition) is 2. The summed E-state index contributed by atoms with van der Waals surface area (Å²) in [6, 6.07) is 6.13. The Balaban J connectivity index is 2.31. The van der Waals surface area contributed by atoms with E-state index in [9.17, 15) is 0 Å². The Morgan fingerprint density at radius 3 is 3.21 bits per heavy atom. The number of hydrogen-bond acceptors (Lipinski definition) is 4. The minimum atomic E-state index is 0.682. The van der Waals surface area contributed by atoms with E-state index in [0.29, 0.717) is 6.54 Å². The van der Waals surface area contributed by atoms with E-state index in [1.54, 1.807) is 0 Å². The summed E-state index contributed by atoms with van der Waals surface area (Å²) >= 11 is 0. The van der Waals surface area contributed by atoms with Gasteiger partial charge < -0.3 is 9.64 Å². The minimum absolute atomic E-state index is 0.682. The van der Waals surface area contributed by atoms with Crippen molar-refractivity contribution in [2.24, 2.45) is 5.84 Å². The van der Waals surface area contributed by atoms with E-state index in [4.69, 9.17) is 10.6 Å². The molecule has 0 amide bonds. The van der Waals surface area contributed by atoms with Crippen LogP contribution >= 0.6 is 0 Å². The lowest BCUT2D eigenvalue weighted by molar-refractivity contribution is 0.311. The standard InChI is InChI=1S/C10H15N3O/c1-13-4-5-14-10-3-2-8(7-12-11)6-9(10)13/h2-3,6,12H,4-5,7,11H2,1H3. The van der Waals surface area contributed by atoms with Gasteiger partial charge in [0.2, 0.25) is 0 Å². The SMILES string of the molecule is CN1CCOc2ccc(CNN)cc21. The fourth-order valence-corrected chi connectivity index (χ4v) is 1.62. The minimum Gasteiger partial charge on any atom is -0.490 e. The monoisotopic (exact) mass is 193 g/mol. The van der Waals surface area contributed by atoms with Crippen LogP contribution in [-0.2, 0) is 6.54 Å². The zero-order valence-corrected chi connectivity index (χ0v) is 8.29. The third-order valence-electron chi connectivity index (χ3n) is 2.43. The molecule has 4 heteroatoms. The third-order valence-corrected chi connectivity index (χ3v) is 2.43. The van der Waals surface area contributed by atoms with E-state index < -0.39 is 0 Å². The summed E-state index contributed by atoms with van der Waals surface area (Å²) in [6.07, 6.45) is 0. The van der Waals surface area contributed by atoms with Gasteiger partial charge in [0.25, 0.3) is 0 Å². The van der Waals surface area contributed by atoms with Gasteiger partial charge in [-0.1, -0.05) is 6.07 Å². The molecule has 0 saturated heterocycles. The molecule has 76 valence electrons. The van der Waals surface area contributed by atoms with Crippen LogP contribution in [0.1, 0.15) is 5.56 Å². The van der Waals surface area contributed by atoms with Crippen LogP contribution in [0.5, 0.6) is 5.75 Å². The molecule has 0 atom stereocenters. The van der Waals surface area contributed by atoms with Crippen LogP contribution in [0.15, 0.2) is 18.2 Å². The van der Waals surface area contributed by atoms with Gasteiger partial charge in [0.05, 0.1) is 12.2 Å². The molecule has 0 unspecified atom stereocenters. The number of ether oxygens (including phenoxy) is 1. The van der Waals surface area contributed by atoms with Crippen molar-refractivity contribution in [3.05, 3.63) is 23.8 Å². The molecular weight excluding hydrogens is 178 g/mol. The first-order valence-corrected chi connectivity index (χ1v) is 4.71. The maximum absolute atomic E-state index is 5.53. The smallest absolute Gasteiger partial charge is 0.142 e. The second-order valence-electron chi connectivity index (χ2n) is 3.45. The summed E-state index contributed by atoms with van der Waals surface area (Å²) in [7, 11) is 2.07. The molecule has 0 spiro atoms. The Hall–Kier alpha value is -1.26. The van der Waals surface area contributed by atoms with Crippen LogP contribution in [0, 0.1) is 0 Å². The molecular formula is C10H15N3O. The van der Waals surface area contributed by atoms with Crippen molar-refractivity contribution in [2.75, 3.05) is 25.1 Å². The first-order valence-electron chi connectivity index (χ1n) is 4.71. The number of likely N-dealkylation sites (N-methyl/N-ethyl adjacent to an activating group) is 1. The summed E-state index contributed by atoms with van der Waals surface area (Å²) in [6.45, 7) is 2.38. The topological polar surface area (TPSA) is 50.5 Å². The van der Waals surface area contributed by atoms with E-state index in [2.05, 4.69) is 23.4 Å². The van der Waals surface area contributed by atoms with E-state index in [-0.39, 0.29) is 0 Å². The number of anilines is 1. The predicted molar refractivity (Wildman–Crippen MR) is 56.2 cm³/mol. The average molecular weight is 193 g/mol. The number of fused-ring (bicyclic) bond motifs is 1. The second-order valence-corrected chi connectivity index (χ2v) is 3.45. The number of nitrogens with one attached hydrogen (secondary N) is 1. The lowest BCUT2D eigenvalue weighted by Crippen LogP contribution is -2.29. The Morgan fingerprint density at radius 1 is 1.57 bits per heavy atom. The van der Waals surface area contributed by atoms with E-state index in [1.165, 1.54) is 5.56 Å². The Bertz CT molecular complexity index is 327. The van der Waals surface area contributed by atoms with Gasteiger partial charge in [0.15, 0.2) is 0 Å². The Kier molecular flexibility index (Phi) is 2.56. The van der Waals surface area contributed by atoms with Gasteiger partial charge in [-0.05, 0) is 17.7 Å². The zero-order chi connectivity index (χ0) is 9.97. The van der Waals surface area contributed by atoms with Crippen LogP contribution in [0.25, 0.3) is 0 Å². The van der Waals surface area contributed by atoms with Crippen LogP contribution in [0.4, 0.5) is 5.69 Å². The molecule has 0 saturated carbocycles. The van der Waals surface area contributed by atoms with Gasteiger partial charge >= 0.3 is 0 Å². The highest BCUT2D eigenvalue weighted by Gasteiger charge is 2.14. The van der Waals surface area contributed by atoms with Crippen molar-refractivity contribution in [3.63, 3.8) is 0 Å². The number of benzene rings is 1. The lowest BCUT2D eigenvalue weighted by atomic mass is 10.1. The van der Waals surface area contributed by atoms with Crippen molar-refractivity contribution < 1.29 is 4.74 Å². The van der Waals surface area contributed by atoms with E-state index in [0.717, 1.165) is 24.6 Å². The molecule has 1 aliphatic heterocycles. The number of rotatable bonds is 2. The van der Waals surface area contributed by atoms with Crippen molar-refractivity contribution in [3.8, 4) is 5.75 Å². The van der Waals surface area contributed by atoms with Gasteiger partial charge in [0, 0.05) is 13.6 Å². The molecule has 0 radical (unpaired) electrons. The molecule has 3 N–H and O–H groups in total. The number of nitrogens with zero attached hydrogens (tertiary/aromatic N) is 1. The first-order chi connectivity index (χ1) is 6.81. The van der Waals surface area contributed by atoms with Crippen molar-refractivity contribution in [2.45, 2.75) is 6.54 Å². The van der Waals surface area contributed by atoms with Crippen LogP contribution in [-0.4, -0.2) is 20.2 Å². The molecule has 0 aromatic heterocycles. The number of nitrogens with two attached hydrogens (primary N) is 1. The fourth-order valence-electron chi connectivity index (χ4n) is 1.62. The van der Waals surface area contributed by atoms with Crippen LogP contribution < -0.4 is 20.9 Å². The van der Waals surface area contributed by atoms with Gasteiger partial charge in [0.1, 0.15) is 12.4 Å². The molecule has 1 aliphatic rings. The van der Waals surface area contributed by atoms with Crippen LogP contribution in [0.2, 0.25) is 0 Å². The lowest BCUT2D eigenvalue weighted by Gasteiger charge is -2.28. The maximum Gasteiger partial charge on any atom is 0.142 e. The molecule has 0 fully saturated rings. The molecule has 2 rings (SSSR count). The third kappa shape index (κ3) is 1.66. The largest absolute Gasteiger partial charge is 0.490 e. The molecule has 1 aromatic carbocycles.